The molecule has 18 heavy (non-hydrogen) atoms. The largest absolute Gasteiger partial charge is 0.469 e. The van der Waals surface area contributed by atoms with Gasteiger partial charge in [-0.15, -0.1) is 0 Å². The molecule has 1 N–H and O–H groups in total. The maximum Gasteiger partial charge on any atom is 0.103 e. The first-order valence-electron chi connectivity index (χ1n) is 7.43. The molecule has 4 unspecified atom stereocenters. The van der Waals surface area contributed by atoms with E-state index in [1.165, 1.54) is 19.3 Å². The number of aryl methyl sites for hydroxylation is 1. The minimum absolute atomic E-state index is 0.577. The summed E-state index contributed by atoms with van der Waals surface area (Å²) in [5, 5.41) is 3.82. The second-order valence-electron chi connectivity index (χ2n) is 6.19. The van der Waals surface area contributed by atoms with Gasteiger partial charge in [0.25, 0.3) is 0 Å². The average Bonchev–Trinajstić information content (AvgIpc) is 2.84. The van der Waals surface area contributed by atoms with Crippen molar-refractivity contribution in [2.45, 2.75) is 65.0 Å². The molecule has 0 saturated heterocycles. The summed E-state index contributed by atoms with van der Waals surface area (Å²) in [6.45, 7) is 7.08. The van der Waals surface area contributed by atoms with Gasteiger partial charge in [-0.2, -0.15) is 0 Å². The summed E-state index contributed by atoms with van der Waals surface area (Å²) >= 11 is 0. The monoisotopic (exact) mass is 249 g/mol. The van der Waals surface area contributed by atoms with Gasteiger partial charge in [-0.3, -0.25) is 0 Å². The molecule has 4 atom stereocenters. The third-order valence-electron chi connectivity index (χ3n) is 4.36. The van der Waals surface area contributed by atoms with E-state index in [-0.39, 0.29) is 0 Å². The van der Waals surface area contributed by atoms with Crippen molar-refractivity contribution in [3.8, 4) is 0 Å². The van der Waals surface area contributed by atoms with E-state index in [0.29, 0.717) is 12.1 Å². The fourth-order valence-corrected chi connectivity index (χ4v) is 3.03. The minimum Gasteiger partial charge on any atom is -0.469 e. The van der Waals surface area contributed by atoms with Crippen LogP contribution in [0.5, 0.6) is 0 Å². The van der Waals surface area contributed by atoms with Crippen LogP contribution >= 0.6 is 0 Å². The fourth-order valence-electron chi connectivity index (χ4n) is 3.03. The van der Waals surface area contributed by atoms with Crippen LogP contribution < -0.4 is 5.32 Å². The lowest BCUT2D eigenvalue weighted by Gasteiger charge is -2.35. The quantitative estimate of drug-likeness (QED) is 0.852. The first kappa shape index (κ1) is 13.7. The highest BCUT2D eigenvalue weighted by Gasteiger charge is 2.26. The summed E-state index contributed by atoms with van der Waals surface area (Å²) in [5.74, 6) is 2.82. The Morgan fingerprint density at radius 1 is 1.39 bits per heavy atom. The van der Waals surface area contributed by atoms with Crippen molar-refractivity contribution < 1.29 is 4.42 Å². The van der Waals surface area contributed by atoms with Crippen LogP contribution in [0, 0.1) is 11.8 Å². The standard InChI is InChI=1S/C16H27NO/c1-12-6-7-13(2)16(11-12)17-14(3)8-9-15-5-4-10-18-15/h4-5,10,12-14,16-17H,6-9,11H2,1-3H3. The van der Waals surface area contributed by atoms with Crippen molar-refractivity contribution in [1.29, 1.82) is 0 Å². The van der Waals surface area contributed by atoms with Crippen LogP contribution in [0.15, 0.2) is 22.8 Å². The zero-order valence-electron chi connectivity index (χ0n) is 12.0. The number of nitrogens with one attached hydrogen (secondary N) is 1. The van der Waals surface area contributed by atoms with Crippen molar-refractivity contribution in [3.05, 3.63) is 24.2 Å². The summed E-state index contributed by atoms with van der Waals surface area (Å²) < 4.78 is 5.38. The molecule has 1 aromatic rings. The topological polar surface area (TPSA) is 25.2 Å². The first-order chi connectivity index (χ1) is 8.65. The second kappa shape index (κ2) is 6.42. The number of furan rings is 1. The molecule has 1 saturated carbocycles. The van der Waals surface area contributed by atoms with E-state index in [1.54, 1.807) is 6.26 Å². The highest BCUT2D eigenvalue weighted by Crippen LogP contribution is 2.28. The maximum absolute atomic E-state index is 5.38. The average molecular weight is 249 g/mol. The van der Waals surface area contributed by atoms with Crippen molar-refractivity contribution in [2.75, 3.05) is 0 Å². The van der Waals surface area contributed by atoms with Crippen LogP contribution in [0.4, 0.5) is 0 Å². The van der Waals surface area contributed by atoms with E-state index >= 15 is 0 Å². The Balaban J connectivity index is 1.74. The van der Waals surface area contributed by atoms with Gasteiger partial charge in [0.1, 0.15) is 5.76 Å². The van der Waals surface area contributed by atoms with Crippen LogP contribution in [-0.2, 0) is 6.42 Å². The van der Waals surface area contributed by atoms with Crippen LogP contribution in [0.3, 0.4) is 0 Å². The Bertz CT molecular complexity index is 333. The summed E-state index contributed by atoms with van der Waals surface area (Å²) in [7, 11) is 0. The Kier molecular flexibility index (Phi) is 4.87. The highest BCUT2D eigenvalue weighted by atomic mass is 16.3. The molecular formula is C16H27NO. The van der Waals surface area contributed by atoms with Crippen molar-refractivity contribution in [3.63, 3.8) is 0 Å². The zero-order valence-corrected chi connectivity index (χ0v) is 12.0. The predicted octanol–water partition coefficient (Wildman–Crippen LogP) is 4.02. The van der Waals surface area contributed by atoms with E-state index in [1.807, 2.05) is 6.07 Å². The molecule has 1 heterocycles. The SMILES string of the molecule is CC1CCC(C)C(NC(C)CCc2ccco2)C1. The molecule has 1 aliphatic carbocycles. The minimum atomic E-state index is 0.577. The predicted molar refractivity (Wildman–Crippen MR) is 75.6 cm³/mol. The maximum atomic E-state index is 5.38. The Morgan fingerprint density at radius 2 is 2.22 bits per heavy atom. The third kappa shape index (κ3) is 3.88. The van der Waals surface area contributed by atoms with Crippen LogP contribution in [0.2, 0.25) is 0 Å². The molecule has 0 aliphatic heterocycles. The van der Waals surface area contributed by atoms with E-state index in [0.717, 1.165) is 30.4 Å². The lowest BCUT2D eigenvalue weighted by atomic mass is 9.79. The van der Waals surface area contributed by atoms with Crippen LogP contribution in [0.25, 0.3) is 0 Å². The molecule has 0 aromatic carbocycles. The summed E-state index contributed by atoms with van der Waals surface area (Å²) in [5.41, 5.74) is 0. The van der Waals surface area contributed by atoms with E-state index in [2.05, 4.69) is 32.2 Å². The van der Waals surface area contributed by atoms with Crippen molar-refractivity contribution >= 4 is 0 Å². The van der Waals surface area contributed by atoms with E-state index < -0.39 is 0 Å². The molecular weight excluding hydrogens is 222 g/mol. The highest BCUT2D eigenvalue weighted by molar-refractivity contribution is 4.98. The molecule has 0 amide bonds. The van der Waals surface area contributed by atoms with Gasteiger partial charge in [-0.25, -0.2) is 0 Å². The molecule has 102 valence electrons. The Labute approximate surface area is 111 Å². The zero-order chi connectivity index (χ0) is 13.0. The Morgan fingerprint density at radius 3 is 2.94 bits per heavy atom. The van der Waals surface area contributed by atoms with Crippen LogP contribution in [-0.4, -0.2) is 12.1 Å². The summed E-state index contributed by atoms with van der Waals surface area (Å²) in [4.78, 5) is 0. The van der Waals surface area contributed by atoms with E-state index in [9.17, 15) is 0 Å². The van der Waals surface area contributed by atoms with Gasteiger partial charge in [0.05, 0.1) is 6.26 Å². The summed E-state index contributed by atoms with van der Waals surface area (Å²) in [6.07, 6.45) is 8.08. The van der Waals surface area contributed by atoms with Crippen molar-refractivity contribution in [2.24, 2.45) is 11.8 Å². The molecule has 0 spiro atoms. The number of hydrogen-bond donors (Lipinski definition) is 1. The van der Waals surface area contributed by atoms with E-state index in [4.69, 9.17) is 4.42 Å². The molecule has 1 fully saturated rings. The first-order valence-corrected chi connectivity index (χ1v) is 7.43. The smallest absolute Gasteiger partial charge is 0.103 e. The molecule has 0 bridgehead atoms. The fraction of sp³-hybridized carbons (Fsp3) is 0.750. The van der Waals surface area contributed by atoms with Gasteiger partial charge < -0.3 is 9.73 Å². The lowest BCUT2D eigenvalue weighted by molar-refractivity contribution is 0.213. The third-order valence-corrected chi connectivity index (χ3v) is 4.36. The summed E-state index contributed by atoms with van der Waals surface area (Å²) in [6, 6.07) is 5.32. The van der Waals surface area contributed by atoms with Gasteiger partial charge in [0, 0.05) is 18.5 Å². The molecule has 2 rings (SSSR count). The molecule has 1 aromatic heterocycles. The normalized spacial score (nSPS) is 30.3. The molecule has 2 heteroatoms. The van der Waals surface area contributed by atoms with Gasteiger partial charge in [-0.05, 0) is 50.2 Å². The second-order valence-corrected chi connectivity index (χ2v) is 6.19. The molecule has 2 nitrogen and oxygen atoms in total. The molecule has 1 aliphatic rings. The van der Waals surface area contributed by atoms with Gasteiger partial charge >= 0.3 is 0 Å². The number of rotatable bonds is 5. The van der Waals surface area contributed by atoms with Gasteiger partial charge in [0.2, 0.25) is 0 Å². The molecule has 0 radical (unpaired) electrons. The number of hydrogen-bond acceptors (Lipinski definition) is 2. The van der Waals surface area contributed by atoms with Crippen molar-refractivity contribution in [1.82, 2.24) is 5.32 Å². The van der Waals surface area contributed by atoms with Gasteiger partial charge in [-0.1, -0.05) is 20.3 Å². The lowest BCUT2D eigenvalue weighted by Crippen LogP contribution is -2.44. The Hall–Kier alpha value is -0.760. The van der Waals surface area contributed by atoms with Crippen LogP contribution in [0.1, 0.15) is 52.2 Å². The van der Waals surface area contributed by atoms with Gasteiger partial charge in [0.15, 0.2) is 0 Å².